The minimum absolute atomic E-state index is 0.942. The molecule has 3 nitrogen and oxygen atoms in total. The normalized spacial score (nSPS) is 10.6. The minimum Gasteiger partial charge on any atom is -0.304 e. The summed E-state index contributed by atoms with van der Waals surface area (Å²) in [5.74, 6) is 0. The van der Waals surface area contributed by atoms with Gasteiger partial charge >= 0.3 is 0 Å². The molecule has 1 rings (SSSR count). The summed E-state index contributed by atoms with van der Waals surface area (Å²) in [7, 11) is 4.06. The van der Waals surface area contributed by atoms with Crippen LogP contribution in [-0.2, 0) is 6.54 Å². The number of nitrogens with zero attached hydrogens (tertiary/aromatic N) is 3. The molecule has 0 atom stereocenters. The summed E-state index contributed by atoms with van der Waals surface area (Å²) in [5, 5.41) is 3.72. The van der Waals surface area contributed by atoms with Crippen molar-refractivity contribution >= 4 is 11.5 Å². The topological polar surface area (TPSA) is 29.0 Å². The van der Waals surface area contributed by atoms with Crippen molar-refractivity contribution in [1.82, 2.24) is 14.5 Å². The molecule has 9 heavy (non-hydrogen) atoms. The Morgan fingerprint density at radius 2 is 2.44 bits per heavy atom. The van der Waals surface area contributed by atoms with Crippen molar-refractivity contribution in [2.24, 2.45) is 0 Å². The van der Waals surface area contributed by atoms with Crippen LogP contribution in [0.15, 0.2) is 6.20 Å². The van der Waals surface area contributed by atoms with E-state index in [2.05, 4.69) is 14.5 Å². The second-order valence-corrected chi connectivity index (χ2v) is 2.99. The van der Waals surface area contributed by atoms with E-state index >= 15 is 0 Å². The molecule has 0 saturated heterocycles. The van der Waals surface area contributed by atoms with E-state index in [0.717, 1.165) is 6.54 Å². The standard InChI is InChI=1S/C5H9N3S/c1-8(2)4-5-3-6-7-9-5/h3H,4H2,1-2H3. The number of rotatable bonds is 2. The summed E-state index contributed by atoms with van der Waals surface area (Å²) >= 11 is 1.45. The predicted molar refractivity (Wildman–Crippen MR) is 37.3 cm³/mol. The average Bonchev–Trinajstić information content (AvgIpc) is 2.15. The first kappa shape index (κ1) is 6.64. The lowest BCUT2D eigenvalue weighted by Crippen LogP contribution is -2.09. The molecule has 0 unspecified atom stereocenters. The highest BCUT2D eigenvalue weighted by molar-refractivity contribution is 7.05. The van der Waals surface area contributed by atoms with Crippen molar-refractivity contribution < 1.29 is 0 Å². The van der Waals surface area contributed by atoms with Crippen LogP contribution in [-0.4, -0.2) is 28.6 Å². The van der Waals surface area contributed by atoms with Crippen LogP contribution in [0.1, 0.15) is 4.88 Å². The van der Waals surface area contributed by atoms with E-state index < -0.39 is 0 Å². The predicted octanol–water partition coefficient (Wildman–Crippen LogP) is 0.600. The van der Waals surface area contributed by atoms with E-state index in [1.165, 1.54) is 16.4 Å². The number of hydrogen-bond donors (Lipinski definition) is 0. The molecular formula is C5H9N3S. The van der Waals surface area contributed by atoms with Gasteiger partial charge in [-0.15, -0.1) is 5.10 Å². The zero-order valence-corrected chi connectivity index (χ0v) is 6.35. The summed E-state index contributed by atoms with van der Waals surface area (Å²) in [5.41, 5.74) is 0. The molecule has 1 aromatic heterocycles. The van der Waals surface area contributed by atoms with Crippen LogP contribution in [0.25, 0.3) is 0 Å². The zero-order valence-electron chi connectivity index (χ0n) is 5.53. The van der Waals surface area contributed by atoms with Gasteiger partial charge in [-0.1, -0.05) is 4.49 Å². The Labute approximate surface area is 58.5 Å². The third-order valence-electron chi connectivity index (χ3n) is 0.879. The third-order valence-corrected chi connectivity index (χ3v) is 1.52. The molecule has 0 aliphatic heterocycles. The molecule has 0 fully saturated rings. The van der Waals surface area contributed by atoms with E-state index in [0.29, 0.717) is 0 Å². The lowest BCUT2D eigenvalue weighted by molar-refractivity contribution is 0.406. The molecule has 0 spiro atoms. The van der Waals surface area contributed by atoms with Gasteiger partial charge in [-0.25, -0.2) is 0 Å². The van der Waals surface area contributed by atoms with Gasteiger partial charge in [-0.2, -0.15) is 0 Å². The van der Waals surface area contributed by atoms with Gasteiger partial charge in [0.15, 0.2) is 0 Å². The molecule has 50 valence electrons. The van der Waals surface area contributed by atoms with Crippen LogP contribution < -0.4 is 0 Å². The molecule has 0 aliphatic carbocycles. The van der Waals surface area contributed by atoms with Gasteiger partial charge in [0.25, 0.3) is 0 Å². The third kappa shape index (κ3) is 2.07. The van der Waals surface area contributed by atoms with Crippen LogP contribution in [0.2, 0.25) is 0 Å². The second-order valence-electron chi connectivity index (χ2n) is 2.12. The lowest BCUT2D eigenvalue weighted by Gasteiger charge is -2.04. The first-order valence-electron chi connectivity index (χ1n) is 2.70. The van der Waals surface area contributed by atoms with Crippen molar-refractivity contribution in [2.45, 2.75) is 6.54 Å². The first-order chi connectivity index (χ1) is 4.29. The quantitative estimate of drug-likeness (QED) is 0.607. The second kappa shape index (κ2) is 2.89. The Morgan fingerprint density at radius 3 is 2.89 bits per heavy atom. The lowest BCUT2D eigenvalue weighted by atomic mass is 10.5. The molecule has 0 amide bonds. The molecular weight excluding hydrogens is 134 g/mol. The maximum atomic E-state index is 3.74. The Kier molecular flexibility index (Phi) is 2.13. The van der Waals surface area contributed by atoms with Crippen molar-refractivity contribution in [1.29, 1.82) is 0 Å². The van der Waals surface area contributed by atoms with Gasteiger partial charge in [0.1, 0.15) is 0 Å². The summed E-state index contributed by atoms with van der Waals surface area (Å²) in [6.07, 6.45) is 1.80. The van der Waals surface area contributed by atoms with Crippen LogP contribution >= 0.6 is 11.5 Å². The van der Waals surface area contributed by atoms with Gasteiger partial charge in [0.2, 0.25) is 0 Å². The molecule has 0 N–H and O–H groups in total. The highest BCUT2D eigenvalue weighted by Gasteiger charge is 1.95. The summed E-state index contributed by atoms with van der Waals surface area (Å²) < 4.78 is 3.74. The van der Waals surface area contributed by atoms with Crippen LogP contribution in [0.4, 0.5) is 0 Å². The van der Waals surface area contributed by atoms with Gasteiger partial charge in [0.05, 0.1) is 11.1 Å². The maximum Gasteiger partial charge on any atom is 0.0666 e. The van der Waals surface area contributed by atoms with Gasteiger partial charge in [-0.05, 0) is 25.6 Å². The smallest absolute Gasteiger partial charge is 0.0666 e. The highest BCUT2D eigenvalue weighted by Crippen LogP contribution is 2.02. The van der Waals surface area contributed by atoms with E-state index in [1.54, 1.807) is 6.20 Å². The SMILES string of the molecule is CN(C)Cc1cnns1. The van der Waals surface area contributed by atoms with Crippen molar-refractivity contribution in [3.05, 3.63) is 11.1 Å². The molecule has 0 bridgehead atoms. The van der Waals surface area contributed by atoms with Gasteiger partial charge in [0, 0.05) is 6.54 Å². The van der Waals surface area contributed by atoms with Gasteiger partial charge in [-0.3, -0.25) is 0 Å². The molecule has 1 aromatic rings. The van der Waals surface area contributed by atoms with Crippen LogP contribution in [0.3, 0.4) is 0 Å². The Balaban J connectivity index is 2.48. The van der Waals surface area contributed by atoms with Crippen LogP contribution in [0.5, 0.6) is 0 Å². The monoisotopic (exact) mass is 143 g/mol. The van der Waals surface area contributed by atoms with Gasteiger partial charge < -0.3 is 4.90 Å². The summed E-state index contributed by atoms with van der Waals surface area (Å²) in [6.45, 7) is 0.942. The van der Waals surface area contributed by atoms with E-state index in [-0.39, 0.29) is 0 Å². The summed E-state index contributed by atoms with van der Waals surface area (Å²) in [6, 6.07) is 0. The average molecular weight is 143 g/mol. The summed E-state index contributed by atoms with van der Waals surface area (Å²) in [4.78, 5) is 3.30. The Hall–Kier alpha value is -0.480. The molecule has 0 radical (unpaired) electrons. The largest absolute Gasteiger partial charge is 0.304 e. The fourth-order valence-electron chi connectivity index (χ4n) is 0.569. The fourth-order valence-corrected chi connectivity index (χ4v) is 1.18. The number of hydrogen-bond acceptors (Lipinski definition) is 4. The van der Waals surface area contributed by atoms with Crippen LogP contribution in [0, 0.1) is 0 Å². The highest BCUT2D eigenvalue weighted by atomic mass is 32.1. The molecule has 0 saturated carbocycles. The Bertz CT molecular complexity index is 159. The Morgan fingerprint density at radius 1 is 1.67 bits per heavy atom. The van der Waals surface area contributed by atoms with E-state index in [1.807, 2.05) is 14.1 Å². The minimum atomic E-state index is 0.942. The van der Waals surface area contributed by atoms with Crippen molar-refractivity contribution in [3.8, 4) is 0 Å². The first-order valence-corrected chi connectivity index (χ1v) is 3.47. The fraction of sp³-hybridized carbons (Fsp3) is 0.600. The van der Waals surface area contributed by atoms with Crippen molar-refractivity contribution in [3.63, 3.8) is 0 Å². The number of aromatic nitrogens is 2. The molecule has 0 aromatic carbocycles. The van der Waals surface area contributed by atoms with E-state index in [9.17, 15) is 0 Å². The zero-order chi connectivity index (χ0) is 6.69. The maximum absolute atomic E-state index is 3.74. The molecule has 1 heterocycles. The molecule has 0 aliphatic rings. The molecule has 4 heteroatoms. The van der Waals surface area contributed by atoms with E-state index in [4.69, 9.17) is 0 Å². The van der Waals surface area contributed by atoms with Crippen molar-refractivity contribution in [2.75, 3.05) is 14.1 Å².